The summed E-state index contributed by atoms with van der Waals surface area (Å²) >= 11 is 6.50. The van der Waals surface area contributed by atoms with E-state index in [9.17, 15) is 19.9 Å². The van der Waals surface area contributed by atoms with Gasteiger partial charge in [0.15, 0.2) is 0 Å². The van der Waals surface area contributed by atoms with Crippen molar-refractivity contribution in [2.75, 3.05) is 0 Å². The molecule has 37 heavy (non-hydrogen) atoms. The van der Waals surface area contributed by atoms with Crippen molar-refractivity contribution in [3.8, 4) is 0 Å². The van der Waals surface area contributed by atoms with Crippen LogP contribution < -0.4 is 10.9 Å². The summed E-state index contributed by atoms with van der Waals surface area (Å²) in [5.41, 5.74) is 2.19. The average molecular weight is 526 g/mol. The van der Waals surface area contributed by atoms with Gasteiger partial charge in [-0.3, -0.25) is 9.59 Å². The summed E-state index contributed by atoms with van der Waals surface area (Å²) in [5.74, 6) is -1.68. The van der Waals surface area contributed by atoms with E-state index < -0.39 is 17.6 Å². The van der Waals surface area contributed by atoms with Crippen LogP contribution in [0, 0.1) is 12.7 Å². The molecular weight excluding hydrogens is 497 g/mol. The molecule has 0 spiro atoms. The first-order valence-corrected chi connectivity index (χ1v) is 12.6. The SMILES string of the molecule is Cc1cc(/C(CC(c2ccc(C(=O)NC3CCC(O)CC3)c(F)c2)c2ccccc2Cl)=N/O)c[nH]c1=O. The average Bonchev–Trinajstić information content (AvgIpc) is 2.88. The number of halogens is 2. The molecular formula is C28H29ClFN3O4. The summed E-state index contributed by atoms with van der Waals surface area (Å²) in [6.07, 6.45) is 3.78. The zero-order valence-corrected chi connectivity index (χ0v) is 21.1. The number of carbonyl (C=O) groups excluding carboxylic acids is 1. The van der Waals surface area contributed by atoms with Crippen molar-refractivity contribution < 1.29 is 19.5 Å². The first-order chi connectivity index (χ1) is 17.8. The number of oxime groups is 1. The molecule has 194 valence electrons. The minimum Gasteiger partial charge on any atom is -0.411 e. The van der Waals surface area contributed by atoms with Gasteiger partial charge in [0, 0.05) is 40.7 Å². The van der Waals surface area contributed by atoms with Crippen molar-refractivity contribution in [1.82, 2.24) is 10.3 Å². The number of amides is 1. The van der Waals surface area contributed by atoms with Gasteiger partial charge in [-0.1, -0.05) is 41.0 Å². The van der Waals surface area contributed by atoms with Crippen LogP contribution in [-0.2, 0) is 0 Å². The Morgan fingerprint density at radius 2 is 1.92 bits per heavy atom. The molecule has 3 aromatic rings. The number of hydrogen-bond acceptors (Lipinski definition) is 5. The van der Waals surface area contributed by atoms with E-state index in [2.05, 4.69) is 15.5 Å². The Balaban J connectivity index is 1.64. The first-order valence-electron chi connectivity index (χ1n) is 12.2. The van der Waals surface area contributed by atoms with Crippen LogP contribution in [-0.4, -0.2) is 39.1 Å². The van der Waals surface area contributed by atoms with E-state index in [0.717, 1.165) is 0 Å². The molecule has 2 aromatic carbocycles. The number of aromatic amines is 1. The second-order valence-corrected chi connectivity index (χ2v) is 9.85. The van der Waals surface area contributed by atoms with Crippen LogP contribution in [0.3, 0.4) is 0 Å². The summed E-state index contributed by atoms with van der Waals surface area (Å²) in [6, 6.07) is 13.1. The summed E-state index contributed by atoms with van der Waals surface area (Å²) in [5, 5.41) is 26.3. The van der Waals surface area contributed by atoms with Gasteiger partial charge in [-0.25, -0.2) is 4.39 Å². The van der Waals surface area contributed by atoms with E-state index in [0.29, 0.717) is 53.0 Å². The highest BCUT2D eigenvalue weighted by Gasteiger charge is 2.25. The molecule has 1 saturated carbocycles. The number of aryl methyl sites for hydroxylation is 1. The molecule has 1 heterocycles. The predicted molar refractivity (Wildman–Crippen MR) is 140 cm³/mol. The zero-order chi connectivity index (χ0) is 26.5. The molecule has 1 amide bonds. The maximum atomic E-state index is 15.3. The number of nitrogens with zero attached hydrogens (tertiary/aromatic N) is 1. The number of benzene rings is 2. The standard InChI is InChI=1S/C28H29ClFN3O4/c1-16-12-18(15-31-27(16)35)26(33-37)14-23(21-4-2-3-5-24(21)29)17-6-11-22(25(30)13-17)28(36)32-19-7-9-20(34)10-8-19/h2-6,11-13,15,19-20,23,34,37H,7-10,14H2,1H3,(H,31,35)(H,32,36)/b33-26+. The van der Waals surface area contributed by atoms with Crippen LogP contribution in [0.5, 0.6) is 0 Å². The number of H-pyrrole nitrogens is 1. The summed E-state index contributed by atoms with van der Waals surface area (Å²) < 4.78 is 15.3. The van der Waals surface area contributed by atoms with Gasteiger partial charge >= 0.3 is 0 Å². The van der Waals surface area contributed by atoms with Crippen molar-refractivity contribution in [3.63, 3.8) is 0 Å². The lowest BCUT2D eigenvalue weighted by Crippen LogP contribution is -2.38. The maximum absolute atomic E-state index is 15.3. The minimum atomic E-state index is -0.676. The number of carbonyl (C=O) groups is 1. The highest BCUT2D eigenvalue weighted by molar-refractivity contribution is 6.31. The fraction of sp³-hybridized carbons (Fsp3) is 0.321. The summed E-state index contributed by atoms with van der Waals surface area (Å²) in [7, 11) is 0. The van der Waals surface area contributed by atoms with Crippen molar-refractivity contribution in [2.45, 2.75) is 57.1 Å². The largest absolute Gasteiger partial charge is 0.411 e. The molecule has 1 aromatic heterocycles. The summed E-state index contributed by atoms with van der Waals surface area (Å²) in [4.78, 5) is 27.2. The maximum Gasteiger partial charge on any atom is 0.254 e. The van der Waals surface area contributed by atoms with Gasteiger partial charge in [0.2, 0.25) is 0 Å². The second kappa shape index (κ2) is 11.7. The zero-order valence-electron chi connectivity index (χ0n) is 20.4. The fourth-order valence-electron chi connectivity index (χ4n) is 4.75. The van der Waals surface area contributed by atoms with E-state index in [1.54, 1.807) is 31.2 Å². The van der Waals surface area contributed by atoms with Gasteiger partial charge in [0.1, 0.15) is 5.82 Å². The van der Waals surface area contributed by atoms with Gasteiger partial charge in [0.25, 0.3) is 11.5 Å². The van der Waals surface area contributed by atoms with E-state index in [4.69, 9.17) is 11.6 Å². The molecule has 1 fully saturated rings. The van der Waals surface area contributed by atoms with E-state index >= 15 is 4.39 Å². The normalized spacial score (nSPS) is 18.9. The van der Waals surface area contributed by atoms with Crippen LogP contribution in [0.25, 0.3) is 0 Å². The highest BCUT2D eigenvalue weighted by atomic mass is 35.5. The molecule has 1 atom stereocenters. The molecule has 4 N–H and O–H groups in total. The number of nitrogens with one attached hydrogen (secondary N) is 2. The Labute approximate surface area is 219 Å². The molecule has 9 heteroatoms. The van der Waals surface area contributed by atoms with Crippen molar-refractivity contribution >= 4 is 23.2 Å². The third-order valence-corrected chi connectivity index (χ3v) is 7.24. The van der Waals surface area contributed by atoms with Crippen LogP contribution >= 0.6 is 11.6 Å². The Kier molecular flexibility index (Phi) is 8.41. The lowest BCUT2D eigenvalue weighted by Gasteiger charge is -2.26. The molecule has 0 bridgehead atoms. The van der Waals surface area contributed by atoms with Gasteiger partial charge in [-0.2, -0.15) is 0 Å². The second-order valence-electron chi connectivity index (χ2n) is 9.44. The monoisotopic (exact) mass is 525 g/mol. The van der Waals surface area contributed by atoms with E-state index in [1.807, 2.05) is 12.1 Å². The van der Waals surface area contributed by atoms with Gasteiger partial charge in [0.05, 0.1) is 17.4 Å². The van der Waals surface area contributed by atoms with Crippen molar-refractivity contribution in [1.29, 1.82) is 0 Å². The lowest BCUT2D eigenvalue weighted by molar-refractivity contribution is 0.0864. The topological polar surface area (TPSA) is 115 Å². The molecule has 1 unspecified atom stereocenters. The quantitative estimate of drug-likeness (QED) is 0.199. The molecule has 0 saturated heterocycles. The molecule has 0 aliphatic heterocycles. The number of hydrogen-bond donors (Lipinski definition) is 4. The van der Waals surface area contributed by atoms with E-state index in [-0.39, 0.29) is 35.4 Å². The Morgan fingerprint density at radius 3 is 2.57 bits per heavy atom. The third kappa shape index (κ3) is 6.26. The van der Waals surface area contributed by atoms with Gasteiger partial charge < -0.3 is 20.6 Å². The Morgan fingerprint density at radius 1 is 1.19 bits per heavy atom. The number of aliphatic hydroxyl groups is 1. The van der Waals surface area contributed by atoms with E-state index in [1.165, 1.54) is 18.3 Å². The first kappa shape index (κ1) is 26.6. The van der Waals surface area contributed by atoms with Crippen molar-refractivity contribution in [2.24, 2.45) is 5.16 Å². The molecule has 0 radical (unpaired) electrons. The van der Waals surface area contributed by atoms with Gasteiger partial charge in [-0.15, -0.1) is 0 Å². The summed E-state index contributed by atoms with van der Waals surface area (Å²) in [6.45, 7) is 1.65. The number of aromatic nitrogens is 1. The molecule has 1 aliphatic carbocycles. The lowest BCUT2D eigenvalue weighted by atomic mass is 9.85. The number of pyridine rings is 1. The van der Waals surface area contributed by atoms with Crippen molar-refractivity contribution in [3.05, 3.63) is 104 Å². The van der Waals surface area contributed by atoms with Crippen LogP contribution in [0.2, 0.25) is 5.02 Å². The van der Waals surface area contributed by atoms with Crippen LogP contribution in [0.15, 0.2) is 64.7 Å². The Bertz CT molecular complexity index is 1370. The smallest absolute Gasteiger partial charge is 0.254 e. The minimum absolute atomic E-state index is 0.0694. The predicted octanol–water partition coefficient (Wildman–Crippen LogP) is 4.91. The molecule has 4 rings (SSSR count). The molecule has 7 nitrogen and oxygen atoms in total. The van der Waals surface area contributed by atoms with Crippen LogP contribution in [0.1, 0.15) is 70.6 Å². The number of rotatable bonds is 7. The third-order valence-electron chi connectivity index (χ3n) is 6.89. The number of aliphatic hydroxyl groups excluding tert-OH is 1. The van der Waals surface area contributed by atoms with Gasteiger partial charge in [-0.05, 0) is 68.0 Å². The molecule has 1 aliphatic rings. The Hall–Kier alpha value is -3.49. The highest BCUT2D eigenvalue weighted by Crippen LogP contribution is 2.35. The van der Waals surface area contributed by atoms with Crippen LogP contribution in [0.4, 0.5) is 4.39 Å². The fourth-order valence-corrected chi connectivity index (χ4v) is 5.02.